The molecule has 3 heteroatoms. The van der Waals surface area contributed by atoms with Crippen molar-refractivity contribution in [2.45, 2.75) is 58.0 Å². The Balaban J connectivity index is 2.44. The first kappa shape index (κ1) is 14.9. The van der Waals surface area contributed by atoms with Crippen LogP contribution in [0.4, 0.5) is 0 Å². The minimum absolute atomic E-state index is 0.0668. The molecule has 2 rings (SSSR count). The molecule has 1 amide bonds. The second-order valence-electron chi connectivity index (χ2n) is 6.82. The number of rotatable bonds is 2. The SMILES string of the molecule is COc1ccccc1C(=O)N1C(C)(C)CCCC1(C)C. The molecule has 0 N–H and O–H groups in total. The van der Waals surface area contributed by atoms with Gasteiger partial charge in [0.2, 0.25) is 0 Å². The van der Waals surface area contributed by atoms with Crippen LogP contribution >= 0.6 is 0 Å². The first-order valence-corrected chi connectivity index (χ1v) is 7.27. The summed E-state index contributed by atoms with van der Waals surface area (Å²) in [5.41, 5.74) is 0.400. The number of hydrogen-bond acceptors (Lipinski definition) is 2. The number of benzene rings is 1. The topological polar surface area (TPSA) is 29.5 Å². The molecule has 1 fully saturated rings. The molecule has 0 unspecified atom stereocenters. The fraction of sp³-hybridized carbons (Fsp3) is 0.588. The van der Waals surface area contributed by atoms with Gasteiger partial charge in [0.1, 0.15) is 5.75 Å². The Morgan fingerprint density at radius 3 is 2.20 bits per heavy atom. The van der Waals surface area contributed by atoms with Crippen molar-refractivity contribution in [2.24, 2.45) is 0 Å². The highest BCUT2D eigenvalue weighted by atomic mass is 16.5. The molecule has 0 aliphatic carbocycles. The molecule has 0 bridgehead atoms. The Hall–Kier alpha value is -1.51. The van der Waals surface area contributed by atoms with Gasteiger partial charge in [0.15, 0.2) is 0 Å². The molecule has 1 heterocycles. The van der Waals surface area contributed by atoms with E-state index in [9.17, 15) is 4.79 Å². The summed E-state index contributed by atoms with van der Waals surface area (Å²) in [5.74, 6) is 0.715. The molecule has 1 saturated heterocycles. The van der Waals surface area contributed by atoms with Gasteiger partial charge in [-0.1, -0.05) is 12.1 Å². The predicted molar refractivity (Wildman–Crippen MR) is 81.2 cm³/mol. The van der Waals surface area contributed by atoms with Crippen LogP contribution in [0.2, 0.25) is 0 Å². The molecule has 20 heavy (non-hydrogen) atoms. The van der Waals surface area contributed by atoms with Crippen molar-refractivity contribution in [1.29, 1.82) is 0 Å². The average molecular weight is 275 g/mol. The van der Waals surface area contributed by atoms with Gasteiger partial charge in [0.25, 0.3) is 5.91 Å². The predicted octanol–water partition coefficient (Wildman–Crippen LogP) is 3.88. The first-order valence-electron chi connectivity index (χ1n) is 7.27. The third-order valence-electron chi connectivity index (χ3n) is 4.33. The standard InChI is InChI=1S/C17H25NO2/c1-16(2)11-8-12-17(3,4)18(16)15(19)13-9-6-7-10-14(13)20-5/h6-7,9-10H,8,11-12H2,1-5H3. The van der Waals surface area contributed by atoms with Crippen LogP contribution in [0.3, 0.4) is 0 Å². The van der Waals surface area contributed by atoms with Gasteiger partial charge in [-0.2, -0.15) is 0 Å². The largest absolute Gasteiger partial charge is 0.496 e. The Morgan fingerprint density at radius 2 is 1.65 bits per heavy atom. The van der Waals surface area contributed by atoms with Crippen LogP contribution in [0.25, 0.3) is 0 Å². The number of carbonyl (C=O) groups excluding carboxylic acids is 1. The first-order chi connectivity index (χ1) is 9.29. The smallest absolute Gasteiger partial charge is 0.258 e. The zero-order valence-electron chi connectivity index (χ0n) is 13.2. The lowest BCUT2D eigenvalue weighted by Crippen LogP contribution is -2.60. The van der Waals surface area contributed by atoms with E-state index in [1.807, 2.05) is 29.2 Å². The van der Waals surface area contributed by atoms with E-state index < -0.39 is 0 Å². The fourth-order valence-electron chi connectivity index (χ4n) is 3.49. The lowest BCUT2D eigenvalue weighted by atomic mass is 9.79. The number of amides is 1. The van der Waals surface area contributed by atoms with E-state index in [4.69, 9.17) is 4.74 Å². The highest BCUT2D eigenvalue weighted by Gasteiger charge is 2.44. The summed E-state index contributed by atoms with van der Waals surface area (Å²) in [5, 5.41) is 0. The maximum Gasteiger partial charge on any atom is 0.258 e. The third kappa shape index (κ3) is 2.54. The fourth-order valence-corrected chi connectivity index (χ4v) is 3.49. The zero-order valence-corrected chi connectivity index (χ0v) is 13.2. The average Bonchev–Trinajstić information content (AvgIpc) is 2.36. The molecule has 0 spiro atoms. The maximum absolute atomic E-state index is 13.1. The highest BCUT2D eigenvalue weighted by Crippen LogP contribution is 2.40. The summed E-state index contributed by atoms with van der Waals surface area (Å²) in [6.45, 7) is 8.62. The van der Waals surface area contributed by atoms with Crippen LogP contribution in [-0.4, -0.2) is 29.0 Å². The van der Waals surface area contributed by atoms with Gasteiger partial charge in [-0.15, -0.1) is 0 Å². The number of methoxy groups -OCH3 is 1. The van der Waals surface area contributed by atoms with Crippen LogP contribution in [0.1, 0.15) is 57.3 Å². The lowest BCUT2D eigenvalue weighted by Gasteiger charge is -2.53. The van der Waals surface area contributed by atoms with Crippen molar-refractivity contribution >= 4 is 5.91 Å². The van der Waals surface area contributed by atoms with Gasteiger partial charge >= 0.3 is 0 Å². The van der Waals surface area contributed by atoms with Crippen molar-refractivity contribution in [3.05, 3.63) is 29.8 Å². The minimum Gasteiger partial charge on any atom is -0.496 e. The van der Waals surface area contributed by atoms with Crippen molar-refractivity contribution in [3.63, 3.8) is 0 Å². The van der Waals surface area contributed by atoms with E-state index >= 15 is 0 Å². The quantitative estimate of drug-likeness (QED) is 0.819. The van der Waals surface area contributed by atoms with E-state index in [0.29, 0.717) is 11.3 Å². The molecule has 0 aromatic heterocycles. The van der Waals surface area contributed by atoms with E-state index in [1.54, 1.807) is 7.11 Å². The van der Waals surface area contributed by atoms with E-state index in [-0.39, 0.29) is 17.0 Å². The molecule has 1 aromatic rings. The number of likely N-dealkylation sites (tertiary alicyclic amines) is 1. The van der Waals surface area contributed by atoms with Crippen LogP contribution in [0, 0.1) is 0 Å². The monoisotopic (exact) mass is 275 g/mol. The van der Waals surface area contributed by atoms with Crippen LogP contribution in [-0.2, 0) is 0 Å². The molecule has 3 nitrogen and oxygen atoms in total. The van der Waals surface area contributed by atoms with E-state index in [0.717, 1.165) is 19.3 Å². The lowest BCUT2D eigenvalue weighted by molar-refractivity contribution is -0.0113. The van der Waals surface area contributed by atoms with Crippen LogP contribution in [0.5, 0.6) is 5.75 Å². The van der Waals surface area contributed by atoms with Gasteiger partial charge in [0.05, 0.1) is 12.7 Å². The molecular formula is C17H25NO2. The summed E-state index contributed by atoms with van der Waals surface area (Å²) >= 11 is 0. The second kappa shape index (κ2) is 5.12. The maximum atomic E-state index is 13.1. The molecule has 0 radical (unpaired) electrons. The number of ether oxygens (including phenoxy) is 1. The van der Waals surface area contributed by atoms with E-state index in [1.165, 1.54) is 0 Å². The molecular weight excluding hydrogens is 250 g/mol. The number of hydrogen-bond donors (Lipinski definition) is 0. The number of piperidine rings is 1. The Labute approximate surface area is 121 Å². The molecule has 110 valence electrons. The Bertz CT molecular complexity index is 489. The van der Waals surface area contributed by atoms with Gasteiger partial charge in [-0.05, 0) is 59.1 Å². The number of carbonyl (C=O) groups is 1. The summed E-state index contributed by atoms with van der Waals surface area (Å²) < 4.78 is 5.35. The van der Waals surface area contributed by atoms with Crippen LogP contribution < -0.4 is 4.74 Å². The minimum atomic E-state index is -0.125. The normalized spacial score (nSPS) is 20.6. The summed E-state index contributed by atoms with van der Waals surface area (Å²) in [6.07, 6.45) is 3.24. The van der Waals surface area contributed by atoms with Gasteiger partial charge in [-0.25, -0.2) is 0 Å². The number of nitrogens with zero attached hydrogens (tertiary/aromatic N) is 1. The van der Waals surface area contributed by atoms with Crippen molar-refractivity contribution < 1.29 is 9.53 Å². The molecule has 1 aliphatic rings. The van der Waals surface area contributed by atoms with E-state index in [2.05, 4.69) is 27.7 Å². The van der Waals surface area contributed by atoms with Crippen molar-refractivity contribution in [2.75, 3.05) is 7.11 Å². The molecule has 1 aliphatic heterocycles. The van der Waals surface area contributed by atoms with Gasteiger partial charge < -0.3 is 9.64 Å². The second-order valence-corrected chi connectivity index (χ2v) is 6.82. The summed E-state index contributed by atoms with van der Waals surface area (Å²) in [7, 11) is 1.61. The Morgan fingerprint density at radius 1 is 1.10 bits per heavy atom. The summed E-state index contributed by atoms with van der Waals surface area (Å²) in [6, 6.07) is 7.47. The van der Waals surface area contributed by atoms with Crippen molar-refractivity contribution in [1.82, 2.24) is 4.90 Å². The number of para-hydroxylation sites is 1. The Kier molecular flexibility index (Phi) is 3.81. The molecule has 0 saturated carbocycles. The zero-order chi connectivity index (χ0) is 15.0. The molecule has 0 atom stereocenters. The van der Waals surface area contributed by atoms with Gasteiger partial charge in [0, 0.05) is 11.1 Å². The molecule has 1 aromatic carbocycles. The van der Waals surface area contributed by atoms with Gasteiger partial charge in [-0.3, -0.25) is 4.79 Å². The highest BCUT2D eigenvalue weighted by molar-refractivity contribution is 5.98. The summed E-state index contributed by atoms with van der Waals surface area (Å²) in [4.78, 5) is 15.1. The van der Waals surface area contributed by atoms with Crippen LogP contribution in [0.15, 0.2) is 24.3 Å². The van der Waals surface area contributed by atoms with Crippen molar-refractivity contribution in [3.8, 4) is 5.75 Å². The third-order valence-corrected chi connectivity index (χ3v) is 4.33.